The van der Waals surface area contributed by atoms with Crippen molar-refractivity contribution in [1.29, 1.82) is 0 Å². The third-order valence-corrected chi connectivity index (χ3v) is 7.93. The van der Waals surface area contributed by atoms with Crippen molar-refractivity contribution >= 4 is 43.1 Å². The second-order valence-electron chi connectivity index (χ2n) is 10.1. The summed E-state index contributed by atoms with van der Waals surface area (Å²) >= 11 is 0. The van der Waals surface area contributed by atoms with E-state index >= 15 is 0 Å². The molecule has 9 heteroatoms. The van der Waals surface area contributed by atoms with E-state index in [0.29, 0.717) is 13.1 Å². The predicted molar refractivity (Wildman–Crippen MR) is 165 cm³/mol. The molecule has 8 nitrogen and oxygen atoms in total. The molecule has 0 atom stereocenters. The Morgan fingerprint density at radius 1 is 0.829 bits per heavy atom. The van der Waals surface area contributed by atoms with Crippen LogP contribution in [0.5, 0.6) is 0 Å². The molecular weight excluding hydrogens is 532 g/mol. The molecule has 2 heterocycles. The van der Waals surface area contributed by atoms with Crippen LogP contribution >= 0.6 is 0 Å². The Morgan fingerprint density at radius 3 is 2.44 bits per heavy atom. The molecular formula is C32H30N6O2S. The summed E-state index contributed by atoms with van der Waals surface area (Å²) < 4.78 is 24.6. The van der Waals surface area contributed by atoms with Crippen LogP contribution in [0.3, 0.4) is 0 Å². The lowest BCUT2D eigenvalue weighted by atomic mass is 10.0. The fraction of sp³-hybridized carbons (Fsp3) is 0.156. The third kappa shape index (κ3) is 6.42. The zero-order valence-corrected chi connectivity index (χ0v) is 23.5. The van der Waals surface area contributed by atoms with E-state index in [1.165, 1.54) is 11.8 Å². The van der Waals surface area contributed by atoms with Gasteiger partial charge in [0.05, 0.1) is 29.5 Å². The van der Waals surface area contributed by atoms with Gasteiger partial charge in [0.15, 0.2) is 0 Å². The number of anilines is 2. The first-order valence-electron chi connectivity index (χ1n) is 13.4. The molecule has 6 rings (SSSR count). The average Bonchev–Trinajstić information content (AvgIpc) is 3.37. The van der Waals surface area contributed by atoms with E-state index < -0.39 is 9.84 Å². The molecule has 41 heavy (non-hydrogen) atoms. The second-order valence-corrected chi connectivity index (χ2v) is 12.4. The summed E-state index contributed by atoms with van der Waals surface area (Å²) in [5.74, 6) is 0.867. The standard InChI is InChI=1S/C32H30N6O2S/c1-41(39,40)16-15-33-19-23-7-9-25(10-8-23)26-11-13-30-29(18-26)32(35-22-34-30)37-28-12-14-31-27(17-28)20-36-38(31)21-24-5-3-2-4-6-24/h2-14,17-18,20,22,33H,15-16,19,21H2,1H3,(H,34,35,37). The zero-order chi connectivity index (χ0) is 28.2. The molecule has 0 aliphatic heterocycles. The van der Waals surface area contributed by atoms with Gasteiger partial charge in [0.1, 0.15) is 22.0 Å². The molecule has 2 aromatic heterocycles. The van der Waals surface area contributed by atoms with Crippen LogP contribution in [0.1, 0.15) is 11.1 Å². The number of benzene rings is 4. The molecule has 0 unspecified atom stereocenters. The molecule has 0 aliphatic carbocycles. The summed E-state index contributed by atoms with van der Waals surface area (Å²) in [5.41, 5.74) is 7.29. The molecule has 206 valence electrons. The van der Waals surface area contributed by atoms with E-state index in [2.05, 4.69) is 86.4 Å². The highest BCUT2D eigenvalue weighted by Gasteiger charge is 2.10. The average molecular weight is 563 g/mol. The Kier molecular flexibility index (Phi) is 7.45. The van der Waals surface area contributed by atoms with E-state index in [-0.39, 0.29) is 5.75 Å². The van der Waals surface area contributed by atoms with Crippen LogP contribution in [-0.4, -0.2) is 46.7 Å². The van der Waals surface area contributed by atoms with Gasteiger partial charge in [0.25, 0.3) is 0 Å². The number of rotatable bonds is 10. The number of hydrogen-bond donors (Lipinski definition) is 2. The lowest BCUT2D eigenvalue weighted by Gasteiger charge is -2.11. The number of nitrogens with zero attached hydrogens (tertiary/aromatic N) is 4. The maximum Gasteiger partial charge on any atom is 0.148 e. The van der Waals surface area contributed by atoms with E-state index in [0.717, 1.165) is 56.5 Å². The largest absolute Gasteiger partial charge is 0.340 e. The monoisotopic (exact) mass is 562 g/mol. The van der Waals surface area contributed by atoms with Crippen molar-refractivity contribution in [3.63, 3.8) is 0 Å². The first-order chi connectivity index (χ1) is 19.9. The predicted octanol–water partition coefficient (Wildman–Crippen LogP) is 5.57. The summed E-state index contributed by atoms with van der Waals surface area (Å²) in [5, 5.41) is 13.3. The molecule has 4 aromatic carbocycles. The highest BCUT2D eigenvalue weighted by atomic mass is 32.2. The van der Waals surface area contributed by atoms with Gasteiger partial charge in [-0.3, -0.25) is 4.68 Å². The van der Waals surface area contributed by atoms with Crippen LogP contribution in [0.2, 0.25) is 0 Å². The first kappa shape index (κ1) is 26.6. The number of sulfone groups is 1. The normalized spacial score (nSPS) is 11.7. The van der Waals surface area contributed by atoms with Gasteiger partial charge in [-0.2, -0.15) is 5.10 Å². The van der Waals surface area contributed by atoms with E-state index in [1.54, 1.807) is 6.33 Å². The molecule has 0 saturated carbocycles. The van der Waals surface area contributed by atoms with Gasteiger partial charge in [-0.25, -0.2) is 18.4 Å². The van der Waals surface area contributed by atoms with Crippen molar-refractivity contribution in [2.24, 2.45) is 0 Å². The van der Waals surface area contributed by atoms with Crippen LogP contribution in [0.25, 0.3) is 32.9 Å². The van der Waals surface area contributed by atoms with E-state index in [9.17, 15) is 8.42 Å². The lowest BCUT2D eigenvalue weighted by molar-refractivity contribution is 0.596. The number of nitrogens with one attached hydrogen (secondary N) is 2. The molecule has 2 N–H and O–H groups in total. The SMILES string of the molecule is CS(=O)(=O)CCNCc1ccc(-c2ccc3ncnc(Nc4ccc5c(cnn5Cc5ccccc5)c4)c3c2)cc1. The van der Waals surface area contributed by atoms with Crippen LogP contribution < -0.4 is 10.6 Å². The first-order valence-corrected chi connectivity index (χ1v) is 15.5. The molecule has 0 aliphatic rings. The smallest absolute Gasteiger partial charge is 0.148 e. The van der Waals surface area contributed by atoms with Gasteiger partial charge < -0.3 is 10.6 Å². The van der Waals surface area contributed by atoms with Crippen molar-refractivity contribution in [2.45, 2.75) is 13.1 Å². The number of fused-ring (bicyclic) bond motifs is 2. The summed E-state index contributed by atoms with van der Waals surface area (Å²) in [6.07, 6.45) is 4.72. The van der Waals surface area contributed by atoms with Crippen LogP contribution in [0.15, 0.2) is 104 Å². The Hall–Kier alpha value is -4.60. The molecule has 0 bridgehead atoms. The van der Waals surface area contributed by atoms with Crippen molar-refractivity contribution < 1.29 is 8.42 Å². The van der Waals surface area contributed by atoms with E-state index in [4.69, 9.17) is 0 Å². The minimum Gasteiger partial charge on any atom is -0.340 e. The molecule has 0 saturated heterocycles. The fourth-order valence-corrected chi connectivity index (χ4v) is 5.34. The third-order valence-electron chi connectivity index (χ3n) is 6.98. The highest BCUT2D eigenvalue weighted by molar-refractivity contribution is 7.90. The molecule has 0 amide bonds. The van der Waals surface area contributed by atoms with Crippen LogP contribution in [-0.2, 0) is 22.9 Å². The van der Waals surface area contributed by atoms with E-state index in [1.807, 2.05) is 41.2 Å². The molecule has 6 aromatic rings. The van der Waals surface area contributed by atoms with Crippen molar-refractivity contribution in [3.05, 3.63) is 115 Å². The maximum absolute atomic E-state index is 11.3. The van der Waals surface area contributed by atoms with Gasteiger partial charge >= 0.3 is 0 Å². The molecule has 0 radical (unpaired) electrons. The Bertz CT molecular complexity index is 1920. The van der Waals surface area contributed by atoms with Crippen molar-refractivity contribution in [1.82, 2.24) is 25.1 Å². The van der Waals surface area contributed by atoms with Crippen LogP contribution in [0.4, 0.5) is 11.5 Å². The summed E-state index contributed by atoms with van der Waals surface area (Å²) in [7, 11) is -2.96. The van der Waals surface area contributed by atoms with Crippen LogP contribution in [0, 0.1) is 0 Å². The summed E-state index contributed by atoms with van der Waals surface area (Å²) in [6, 6.07) is 31.0. The zero-order valence-electron chi connectivity index (χ0n) is 22.7. The van der Waals surface area contributed by atoms with Gasteiger partial charge in [0, 0.05) is 35.8 Å². The van der Waals surface area contributed by atoms with Gasteiger partial charge in [0.2, 0.25) is 0 Å². The van der Waals surface area contributed by atoms with Crippen molar-refractivity contribution in [3.8, 4) is 11.1 Å². The second kappa shape index (κ2) is 11.5. The Balaban J connectivity index is 1.20. The number of aromatic nitrogens is 4. The summed E-state index contributed by atoms with van der Waals surface area (Å²) in [4.78, 5) is 9.03. The fourth-order valence-electron chi connectivity index (χ4n) is 4.83. The Labute approximate surface area is 239 Å². The summed E-state index contributed by atoms with van der Waals surface area (Å²) in [6.45, 7) is 1.77. The Morgan fingerprint density at radius 2 is 1.63 bits per heavy atom. The van der Waals surface area contributed by atoms with Gasteiger partial charge in [-0.15, -0.1) is 0 Å². The lowest BCUT2D eigenvalue weighted by Crippen LogP contribution is -2.21. The van der Waals surface area contributed by atoms with Gasteiger partial charge in [-0.05, 0) is 52.6 Å². The molecule has 0 spiro atoms. The quantitative estimate of drug-likeness (QED) is 0.210. The molecule has 0 fully saturated rings. The number of hydrogen-bond acceptors (Lipinski definition) is 7. The van der Waals surface area contributed by atoms with Crippen molar-refractivity contribution in [2.75, 3.05) is 23.9 Å². The highest BCUT2D eigenvalue weighted by Crippen LogP contribution is 2.30. The minimum atomic E-state index is -2.96. The maximum atomic E-state index is 11.3. The topological polar surface area (TPSA) is 102 Å². The minimum absolute atomic E-state index is 0.131. The van der Waals surface area contributed by atoms with Gasteiger partial charge in [-0.1, -0.05) is 60.7 Å².